The maximum absolute atomic E-state index is 9.67. The van der Waals surface area contributed by atoms with Gasteiger partial charge in [-0.2, -0.15) is 0 Å². The summed E-state index contributed by atoms with van der Waals surface area (Å²) >= 11 is 0. The average molecular weight is 322 g/mol. The quantitative estimate of drug-likeness (QED) is 0.353. The van der Waals surface area contributed by atoms with Crippen LogP contribution in [0.3, 0.4) is 0 Å². The minimum atomic E-state index is -0.985. The summed E-state index contributed by atoms with van der Waals surface area (Å²) in [6.07, 6.45) is 5.76. The summed E-state index contributed by atoms with van der Waals surface area (Å²) in [5, 5.41) is 44.7. The van der Waals surface area contributed by atoms with Crippen molar-refractivity contribution in [3.63, 3.8) is 0 Å². The molecule has 0 bridgehead atoms. The lowest BCUT2D eigenvalue weighted by molar-refractivity contribution is -0.0461. The van der Waals surface area contributed by atoms with Crippen molar-refractivity contribution in [1.82, 2.24) is 0 Å². The molecule has 0 aromatic heterocycles. The van der Waals surface area contributed by atoms with Gasteiger partial charge in [0.25, 0.3) is 0 Å². The topological polar surface area (TPSA) is 101 Å². The zero-order valence-electron chi connectivity index (χ0n) is 14.6. The molecule has 5 nitrogen and oxygen atoms in total. The highest BCUT2D eigenvalue weighted by Gasteiger charge is 2.23. The van der Waals surface area contributed by atoms with Crippen LogP contribution in [-0.2, 0) is 0 Å². The van der Waals surface area contributed by atoms with Gasteiger partial charge in [0.15, 0.2) is 0 Å². The summed E-state index contributed by atoms with van der Waals surface area (Å²) in [7, 11) is 0. The third-order valence-electron chi connectivity index (χ3n) is 3.87. The van der Waals surface area contributed by atoms with Gasteiger partial charge in [0, 0.05) is 0 Å². The van der Waals surface area contributed by atoms with Gasteiger partial charge < -0.3 is 25.5 Å². The Morgan fingerprint density at radius 2 is 1.32 bits per heavy atom. The second kappa shape index (κ2) is 17.2. The van der Waals surface area contributed by atoms with Crippen molar-refractivity contribution in [3.05, 3.63) is 0 Å². The molecule has 22 heavy (non-hydrogen) atoms. The van der Waals surface area contributed by atoms with E-state index in [0.29, 0.717) is 0 Å². The van der Waals surface area contributed by atoms with Crippen LogP contribution in [0.1, 0.15) is 72.1 Å². The predicted octanol–water partition coefficient (Wildman–Crippen LogP) is 1.84. The lowest BCUT2D eigenvalue weighted by atomic mass is 9.90. The minimum Gasteiger partial charge on any atom is -0.394 e. The number of unbranched alkanes of at least 4 members (excludes halogenated alkanes) is 3. The fraction of sp³-hybridized carbons (Fsp3) is 1.00. The van der Waals surface area contributed by atoms with Crippen LogP contribution in [0.5, 0.6) is 0 Å². The van der Waals surface area contributed by atoms with Crippen LogP contribution in [0, 0.1) is 5.92 Å². The molecule has 4 atom stereocenters. The summed E-state index contributed by atoms with van der Waals surface area (Å²) in [6.45, 7) is 5.75. The second-order valence-electron chi connectivity index (χ2n) is 5.88. The third-order valence-corrected chi connectivity index (χ3v) is 3.87. The molecule has 0 aliphatic heterocycles. The Morgan fingerprint density at radius 1 is 0.727 bits per heavy atom. The lowest BCUT2D eigenvalue weighted by Gasteiger charge is -2.24. The largest absolute Gasteiger partial charge is 0.394 e. The van der Waals surface area contributed by atoms with E-state index in [9.17, 15) is 10.2 Å². The Hall–Kier alpha value is -0.200. The van der Waals surface area contributed by atoms with E-state index in [1.807, 2.05) is 6.92 Å². The molecular weight excluding hydrogens is 284 g/mol. The number of aliphatic hydroxyl groups is 5. The molecule has 0 fully saturated rings. The minimum absolute atomic E-state index is 0.0972. The van der Waals surface area contributed by atoms with Gasteiger partial charge in [-0.15, -0.1) is 0 Å². The van der Waals surface area contributed by atoms with E-state index in [4.69, 9.17) is 15.3 Å². The molecule has 0 spiro atoms. The van der Waals surface area contributed by atoms with Crippen LogP contribution >= 0.6 is 0 Å². The molecule has 5 N–H and O–H groups in total. The van der Waals surface area contributed by atoms with Crippen molar-refractivity contribution < 1.29 is 25.5 Å². The van der Waals surface area contributed by atoms with Crippen LogP contribution in [0.15, 0.2) is 0 Å². The van der Waals surface area contributed by atoms with Gasteiger partial charge in [0.1, 0.15) is 6.10 Å². The van der Waals surface area contributed by atoms with E-state index in [1.54, 1.807) is 0 Å². The number of hydrogen-bond acceptors (Lipinski definition) is 5. The first-order chi connectivity index (χ1) is 10.5. The van der Waals surface area contributed by atoms with Crippen LogP contribution < -0.4 is 0 Å². The maximum atomic E-state index is 9.67. The zero-order valence-corrected chi connectivity index (χ0v) is 14.6. The molecule has 0 aliphatic rings. The Morgan fingerprint density at radius 3 is 1.73 bits per heavy atom. The molecule has 0 radical (unpaired) electrons. The summed E-state index contributed by atoms with van der Waals surface area (Å²) in [6, 6.07) is 0. The van der Waals surface area contributed by atoms with E-state index in [1.165, 1.54) is 6.42 Å². The Balaban J connectivity index is 0. The monoisotopic (exact) mass is 322 g/mol. The van der Waals surface area contributed by atoms with E-state index in [-0.39, 0.29) is 19.1 Å². The van der Waals surface area contributed by atoms with Crippen molar-refractivity contribution in [2.24, 2.45) is 5.92 Å². The maximum Gasteiger partial charge on any atom is 0.103 e. The molecule has 4 unspecified atom stereocenters. The molecule has 0 rings (SSSR count). The molecule has 0 aliphatic carbocycles. The summed E-state index contributed by atoms with van der Waals surface area (Å²) in [4.78, 5) is 0. The van der Waals surface area contributed by atoms with Gasteiger partial charge in [-0.25, -0.2) is 0 Å². The molecule has 0 aromatic carbocycles. The summed E-state index contributed by atoms with van der Waals surface area (Å²) < 4.78 is 0. The molecule has 5 heteroatoms. The highest BCUT2D eigenvalue weighted by Crippen LogP contribution is 2.19. The van der Waals surface area contributed by atoms with Crippen LogP contribution in [0.4, 0.5) is 0 Å². The van der Waals surface area contributed by atoms with Crippen molar-refractivity contribution in [1.29, 1.82) is 0 Å². The second-order valence-corrected chi connectivity index (χ2v) is 5.88. The van der Waals surface area contributed by atoms with E-state index in [2.05, 4.69) is 13.8 Å². The smallest absolute Gasteiger partial charge is 0.103 e. The van der Waals surface area contributed by atoms with E-state index in [0.717, 1.165) is 44.9 Å². The van der Waals surface area contributed by atoms with E-state index < -0.39 is 18.3 Å². The first-order valence-corrected chi connectivity index (χ1v) is 8.74. The molecule has 0 amide bonds. The fourth-order valence-electron chi connectivity index (χ4n) is 2.23. The van der Waals surface area contributed by atoms with Crippen molar-refractivity contribution in [2.45, 2.75) is 90.4 Å². The van der Waals surface area contributed by atoms with Gasteiger partial charge in [0.05, 0.1) is 25.4 Å². The van der Waals surface area contributed by atoms with Crippen molar-refractivity contribution in [3.8, 4) is 0 Å². The van der Waals surface area contributed by atoms with Crippen LogP contribution in [0.25, 0.3) is 0 Å². The van der Waals surface area contributed by atoms with E-state index >= 15 is 0 Å². The normalized spacial score (nSPS) is 16.4. The van der Waals surface area contributed by atoms with Gasteiger partial charge in [-0.1, -0.05) is 59.3 Å². The number of rotatable bonds is 12. The zero-order chi connectivity index (χ0) is 17.4. The van der Waals surface area contributed by atoms with Gasteiger partial charge >= 0.3 is 0 Å². The average Bonchev–Trinajstić information content (AvgIpc) is 2.55. The predicted molar refractivity (Wildman–Crippen MR) is 89.6 cm³/mol. The third kappa shape index (κ3) is 13.5. The van der Waals surface area contributed by atoms with Crippen molar-refractivity contribution in [2.75, 3.05) is 13.2 Å². The van der Waals surface area contributed by atoms with Gasteiger partial charge in [0.2, 0.25) is 0 Å². The number of aliphatic hydroxyl groups excluding tert-OH is 5. The molecule has 136 valence electrons. The summed E-state index contributed by atoms with van der Waals surface area (Å²) in [5.74, 6) is 0.115. The number of hydrogen-bond donors (Lipinski definition) is 5. The first kappa shape index (κ1) is 24.1. The van der Waals surface area contributed by atoms with Crippen LogP contribution in [-0.4, -0.2) is 57.1 Å². The Bertz CT molecular complexity index is 213. The lowest BCUT2D eigenvalue weighted by Crippen LogP contribution is -2.35. The Labute approximate surface area is 136 Å². The van der Waals surface area contributed by atoms with Gasteiger partial charge in [-0.05, 0) is 18.8 Å². The fourth-order valence-corrected chi connectivity index (χ4v) is 2.23. The molecule has 0 saturated carbocycles. The SMILES string of the molecule is CCCCC(O)CO.CCCCCC(CC)C(O)C(O)CO. The molecule has 0 saturated heterocycles. The molecule has 0 heterocycles. The Kier molecular flexibility index (Phi) is 18.8. The first-order valence-electron chi connectivity index (χ1n) is 8.74. The van der Waals surface area contributed by atoms with Gasteiger partial charge in [-0.3, -0.25) is 0 Å². The highest BCUT2D eigenvalue weighted by molar-refractivity contribution is 4.74. The summed E-state index contributed by atoms with van der Waals surface area (Å²) in [5.41, 5.74) is 0. The molecular formula is C17H38O5. The van der Waals surface area contributed by atoms with Crippen molar-refractivity contribution >= 4 is 0 Å². The highest BCUT2D eigenvalue weighted by atomic mass is 16.4. The van der Waals surface area contributed by atoms with Crippen LogP contribution in [0.2, 0.25) is 0 Å². The standard InChI is InChI=1S/C11H24O3.C6H14O2/c1-3-5-6-7-9(4-2)11(14)10(13)8-12;1-2-3-4-6(8)5-7/h9-14H,3-8H2,1-2H3;6-8H,2-5H2,1H3. The molecule has 0 aromatic rings.